The monoisotopic (exact) mass is 448 g/mol. The van der Waals surface area contributed by atoms with Crippen LogP contribution < -0.4 is 24.4 Å². The number of anilines is 2. The molecule has 3 aliphatic rings. The Bertz CT molecular complexity index is 1110. The van der Waals surface area contributed by atoms with E-state index < -0.39 is 29.5 Å². The molecule has 1 saturated heterocycles. The van der Waals surface area contributed by atoms with E-state index in [9.17, 15) is 18.4 Å². The van der Waals surface area contributed by atoms with Crippen LogP contribution in [0, 0.1) is 5.92 Å². The van der Waals surface area contributed by atoms with Gasteiger partial charge in [0, 0.05) is 24.7 Å². The molecule has 1 amide bonds. The summed E-state index contributed by atoms with van der Waals surface area (Å²) in [5.74, 6) is -1.13. The molecule has 32 heavy (non-hydrogen) atoms. The highest BCUT2D eigenvalue weighted by Crippen LogP contribution is 2.50. The Kier molecular flexibility index (Phi) is 4.36. The molecule has 2 aromatic rings. The van der Waals surface area contributed by atoms with Gasteiger partial charge in [-0.15, -0.1) is 8.78 Å². The van der Waals surface area contributed by atoms with Crippen molar-refractivity contribution in [1.29, 1.82) is 0 Å². The number of aromatic nitrogens is 2. The lowest BCUT2D eigenvalue weighted by Crippen LogP contribution is -2.39. The average molecular weight is 448 g/mol. The third-order valence-electron chi connectivity index (χ3n) is 5.86. The van der Waals surface area contributed by atoms with Crippen molar-refractivity contribution in [3.8, 4) is 17.2 Å². The number of nitrogens with one attached hydrogen (secondary N) is 1. The number of rotatable bonds is 4. The van der Waals surface area contributed by atoms with Gasteiger partial charge in [-0.2, -0.15) is 0 Å². The van der Waals surface area contributed by atoms with Crippen molar-refractivity contribution in [3.63, 3.8) is 0 Å². The second kappa shape index (κ2) is 6.90. The van der Waals surface area contributed by atoms with Gasteiger partial charge in [0.1, 0.15) is 23.6 Å². The highest BCUT2D eigenvalue weighted by atomic mass is 19.3. The molecule has 0 saturated carbocycles. The Morgan fingerprint density at radius 1 is 1.19 bits per heavy atom. The van der Waals surface area contributed by atoms with Crippen LogP contribution in [0.1, 0.15) is 18.9 Å². The van der Waals surface area contributed by atoms with Crippen LogP contribution in [0.3, 0.4) is 0 Å². The van der Waals surface area contributed by atoms with Gasteiger partial charge in [0.2, 0.25) is 5.91 Å². The summed E-state index contributed by atoms with van der Waals surface area (Å²) in [6.45, 7) is 2.51. The lowest BCUT2D eigenvalue weighted by atomic mass is 9.83. The van der Waals surface area contributed by atoms with E-state index in [0.29, 0.717) is 30.9 Å². The normalized spacial score (nSPS) is 24.7. The Hall–Kier alpha value is -3.70. The maximum atomic E-state index is 13.4. The third-order valence-corrected chi connectivity index (χ3v) is 5.86. The lowest BCUT2D eigenvalue weighted by molar-refractivity contribution is -0.286. The van der Waals surface area contributed by atoms with E-state index in [0.717, 1.165) is 0 Å². The SMILES string of the molecule is C[C@]1(C(=O)Nc2cnc(N3CCC(C(=O)O)C3)cn2)COc2cc3c(cc21)OC(F)(F)O3. The Balaban J connectivity index is 1.31. The van der Waals surface area contributed by atoms with E-state index in [4.69, 9.17) is 9.84 Å². The summed E-state index contributed by atoms with van der Waals surface area (Å²) in [7, 11) is 0. The van der Waals surface area contributed by atoms with Crippen LogP contribution in [0.2, 0.25) is 0 Å². The molecule has 3 aliphatic heterocycles. The number of ether oxygens (including phenoxy) is 3. The number of hydrogen-bond acceptors (Lipinski definition) is 8. The fraction of sp³-hybridized carbons (Fsp3) is 0.400. The topological polar surface area (TPSA) is 123 Å². The average Bonchev–Trinajstić information content (AvgIpc) is 3.42. The Labute approximate surface area is 180 Å². The number of alkyl halides is 2. The zero-order valence-corrected chi connectivity index (χ0v) is 16.8. The summed E-state index contributed by atoms with van der Waals surface area (Å²) < 4.78 is 41.2. The molecule has 10 nitrogen and oxygen atoms in total. The number of carbonyl (C=O) groups excluding carboxylic acids is 1. The zero-order chi connectivity index (χ0) is 22.7. The van der Waals surface area contributed by atoms with Crippen LogP contribution in [0.5, 0.6) is 17.2 Å². The first kappa shape index (κ1) is 20.2. The zero-order valence-electron chi connectivity index (χ0n) is 16.8. The largest absolute Gasteiger partial charge is 0.586 e. The number of nitrogens with zero attached hydrogens (tertiary/aromatic N) is 3. The van der Waals surface area contributed by atoms with E-state index in [1.165, 1.54) is 24.5 Å². The highest BCUT2D eigenvalue weighted by Gasteiger charge is 2.49. The van der Waals surface area contributed by atoms with Gasteiger partial charge in [-0.25, -0.2) is 9.97 Å². The van der Waals surface area contributed by atoms with Crippen molar-refractivity contribution in [1.82, 2.24) is 9.97 Å². The Morgan fingerprint density at radius 3 is 2.59 bits per heavy atom. The number of hydrogen-bond donors (Lipinski definition) is 2. The summed E-state index contributed by atoms with van der Waals surface area (Å²) in [5.41, 5.74) is -0.799. The first-order valence-corrected chi connectivity index (χ1v) is 9.83. The molecule has 0 spiro atoms. The van der Waals surface area contributed by atoms with Crippen LogP contribution in [0.4, 0.5) is 20.4 Å². The predicted octanol–water partition coefficient (Wildman–Crippen LogP) is 2.00. The minimum atomic E-state index is -3.77. The van der Waals surface area contributed by atoms with Crippen LogP contribution in [-0.2, 0) is 15.0 Å². The number of carboxylic acid groups (broad SMARTS) is 1. The van der Waals surface area contributed by atoms with Gasteiger partial charge in [-0.05, 0) is 19.4 Å². The fourth-order valence-electron chi connectivity index (χ4n) is 3.99. The number of carboxylic acids is 1. The number of amides is 1. The molecule has 0 aliphatic carbocycles. The first-order chi connectivity index (χ1) is 15.1. The van der Waals surface area contributed by atoms with E-state index in [1.807, 2.05) is 4.90 Å². The first-order valence-electron chi connectivity index (χ1n) is 9.83. The summed E-state index contributed by atoms with van der Waals surface area (Å²) >= 11 is 0. The van der Waals surface area contributed by atoms with Crippen molar-refractivity contribution in [3.05, 3.63) is 30.1 Å². The summed E-state index contributed by atoms with van der Waals surface area (Å²) in [5, 5.41) is 11.8. The maximum absolute atomic E-state index is 13.4. The van der Waals surface area contributed by atoms with Crippen LogP contribution in [0.25, 0.3) is 0 Å². The standard InChI is InChI=1S/C20H18F2N4O6/c1-19(9-30-12-5-14-13(4-11(12)19)31-20(21,22)32-14)18(29)25-15-6-24-16(7-23-15)26-3-2-10(8-26)17(27)28/h4-7,10H,2-3,8-9H2,1H3,(H,27,28)(H,23,25,29)/t10?,19-/m0/s1. The van der Waals surface area contributed by atoms with Crippen molar-refractivity contribution in [2.24, 2.45) is 5.92 Å². The fourth-order valence-corrected chi connectivity index (χ4v) is 3.99. The van der Waals surface area contributed by atoms with E-state index in [2.05, 4.69) is 24.8 Å². The van der Waals surface area contributed by atoms with Crippen LogP contribution >= 0.6 is 0 Å². The van der Waals surface area contributed by atoms with Gasteiger partial charge in [0.15, 0.2) is 17.3 Å². The molecular weight excluding hydrogens is 430 g/mol. The molecule has 0 bridgehead atoms. The van der Waals surface area contributed by atoms with Gasteiger partial charge in [-0.3, -0.25) is 9.59 Å². The quantitative estimate of drug-likeness (QED) is 0.723. The van der Waals surface area contributed by atoms with E-state index >= 15 is 0 Å². The third kappa shape index (κ3) is 3.31. The van der Waals surface area contributed by atoms with Crippen molar-refractivity contribution in [2.45, 2.75) is 25.1 Å². The highest BCUT2D eigenvalue weighted by molar-refractivity contribution is 5.99. The molecule has 1 aromatic carbocycles. The maximum Gasteiger partial charge on any atom is 0.586 e. The molecule has 2 atom stereocenters. The molecule has 5 rings (SSSR count). The number of halogens is 2. The van der Waals surface area contributed by atoms with Crippen LogP contribution in [0.15, 0.2) is 24.5 Å². The number of benzene rings is 1. The molecule has 4 heterocycles. The van der Waals surface area contributed by atoms with Gasteiger partial charge in [0.25, 0.3) is 0 Å². The van der Waals surface area contributed by atoms with Gasteiger partial charge < -0.3 is 29.5 Å². The van der Waals surface area contributed by atoms with E-state index in [-0.39, 0.29) is 29.7 Å². The smallest absolute Gasteiger partial charge is 0.492 e. The van der Waals surface area contributed by atoms with Crippen molar-refractivity contribution in [2.75, 3.05) is 29.9 Å². The number of aliphatic carboxylic acids is 1. The molecule has 1 fully saturated rings. The summed E-state index contributed by atoms with van der Waals surface area (Å²) in [6.07, 6.45) is -0.409. The summed E-state index contributed by atoms with van der Waals surface area (Å²) in [4.78, 5) is 34.4. The minimum absolute atomic E-state index is 0.0106. The molecule has 1 unspecified atom stereocenters. The van der Waals surface area contributed by atoms with Crippen molar-refractivity contribution < 1.29 is 37.7 Å². The number of carbonyl (C=O) groups is 2. The molecule has 1 aromatic heterocycles. The summed E-state index contributed by atoms with van der Waals surface area (Å²) in [6, 6.07) is 2.60. The molecular formula is C20H18F2N4O6. The second-order valence-electron chi connectivity index (χ2n) is 8.07. The predicted molar refractivity (Wildman–Crippen MR) is 104 cm³/mol. The van der Waals surface area contributed by atoms with E-state index in [1.54, 1.807) is 6.92 Å². The van der Waals surface area contributed by atoms with Crippen molar-refractivity contribution >= 4 is 23.5 Å². The Morgan fingerprint density at radius 2 is 1.94 bits per heavy atom. The molecule has 0 radical (unpaired) electrons. The van der Waals surface area contributed by atoms with Gasteiger partial charge >= 0.3 is 12.3 Å². The molecule has 168 valence electrons. The second-order valence-corrected chi connectivity index (χ2v) is 8.07. The molecule has 2 N–H and O–H groups in total. The minimum Gasteiger partial charge on any atom is -0.492 e. The van der Waals surface area contributed by atoms with Crippen LogP contribution in [-0.4, -0.2) is 52.9 Å². The molecule has 12 heteroatoms. The number of fused-ring (bicyclic) bond motifs is 2. The lowest BCUT2D eigenvalue weighted by Gasteiger charge is -2.22. The van der Waals surface area contributed by atoms with Gasteiger partial charge in [-0.1, -0.05) is 0 Å². The van der Waals surface area contributed by atoms with Gasteiger partial charge in [0.05, 0.1) is 18.3 Å².